The summed E-state index contributed by atoms with van der Waals surface area (Å²) in [5, 5.41) is 2.98. The van der Waals surface area contributed by atoms with Crippen LogP contribution in [0.1, 0.15) is 37.7 Å². The molecule has 0 spiro atoms. The minimum Gasteiger partial charge on any atom is -0.347 e. The average molecular weight is 341 g/mol. The number of nitrogens with one attached hydrogen (secondary N) is 1. The fourth-order valence-corrected chi connectivity index (χ4v) is 3.04. The summed E-state index contributed by atoms with van der Waals surface area (Å²) in [7, 11) is 1.57. The van der Waals surface area contributed by atoms with Crippen LogP contribution in [0.4, 0.5) is 4.39 Å². The van der Waals surface area contributed by atoms with E-state index in [2.05, 4.69) is 5.32 Å². The number of hydrogen-bond donors (Lipinski definition) is 1. The van der Waals surface area contributed by atoms with Gasteiger partial charge in [-0.05, 0) is 25.0 Å². The minimum atomic E-state index is -0.441. The summed E-state index contributed by atoms with van der Waals surface area (Å²) in [6.45, 7) is 0.00153. The highest BCUT2D eigenvalue weighted by molar-refractivity contribution is 6.31. The topological polar surface area (TPSA) is 49.4 Å². The molecule has 1 N–H and O–H groups in total. The predicted molar refractivity (Wildman–Crippen MR) is 87.5 cm³/mol. The molecule has 1 aromatic carbocycles. The Hall–Kier alpha value is -1.62. The highest BCUT2D eigenvalue weighted by atomic mass is 35.5. The largest absolute Gasteiger partial charge is 0.347 e. The molecule has 0 aliphatic heterocycles. The van der Waals surface area contributed by atoms with Gasteiger partial charge < -0.3 is 10.2 Å². The molecule has 0 aromatic heterocycles. The predicted octanol–water partition coefficient (Wildman–Crippen LogP) is 3.13. The van der Waals surface area contributed by atoms with Gasteiger partial charge in [0.1, 0.15) is 5.82 Å². The van der Waals surface area contributed by atoms with Gasteiger partial charge in [-0.25, -0.2) is 4.39 Å². The van der Waals surface area contributed by atoms with Gasteiger partial charge in [-0.15, -0.1) is 0 Å². The first kappa shape index (κ1) is 17.7. The maximum Gasteiger partial charge on any atom is 0.242 e. The number of carbonyl (C=O) groups is 2. The fraction of sp³-hybridized carbons (Fsp3) is 0.529. The van der Waals surface area contributed by atoms with Crippen molar-refractivity contribution in [3.63, 3.8) is 0 Å². The van der Waals surface area contributed by atoms with Crippen LogP contribution >= 0.6 is 11.6 Å². The van der Waals surface area contributed by atoms with Gasteiger partial charge in [-0.3, -0.25) is 9.59 Å². The van der Waals surface area contributed by atoms with E-state index in [0.29, 0.717) is 0 Å². The summed E-state index contributed by atoms with van der Waals surface area (Å²) in [6, 6.07) is 4.42. The zero-order valence-electron chi connectivity index (χ0n) is 13.3. The molecule has 4 nitrogen and oxygen atoms in total. The van der Waals surface area contributed by atoms with E-state index in [4.69, 9.17) is 11.6 Å². The molecule has 0 bridgehead atoms. The summed E-state index contributed by atoms with van der Waals surface area (Å²) in [4.78, 5) is 25.5. The number of nitrogens with zero attached hydrogens (tertiary/aromatic N) is 1. The first-order valence-corrected chi connectivity index (χ1v) is 8.31. The lowest BCUT2D eigenvalue weighted by molar-refractivity contribution is -0.133. The molecule has 1 saturated carbocycles. The number of hydrogen-bond acceptors (Lipinski definition) is 2. The summed E-state index contributed by atoms with van der Waals surface area (Å²) >= 11 is 5.96. The zero-order chi connectivity index (χ0) is 16.8. The molecule has 0 heterocycles. The standard InChI is InChI=1S/C17H22ClFN2O2/c1-21(11-13-14(18)8-5-9-15(13)19)16(22)10-20-17(23)12-6-3-2-4-7-12/h5,8-9,12H,2-4,6-7,10-11H2,1H3,(H,20,23). The van der Waals surface area contributed by atoms with E-state index in [1.165, 1.54) is 23.5 Å². The highest BCUT2D eigenvalue weighted by Gasteiger charge is 2.22. The molecule has 0 unspecified atom stereocenters. The Morgan fingerprint density at radius 3 is 2.65 bits per heavy atom. The number of halogens is 2. The van der Waals surface area contributed by atoms with Crippen molar-refractivity contribution in [2.75, 3.05) is 13.6 Å². The molecule has 0 radical (unpaired) electrons. The van der Waals surface area contributed by atoms with Gasteiger partial charge in [-0.1, -0.05) is 36.9 Å². The number of amides is 2. The van der Waals surface area contributed by atoms with Crippen molar-refractivity contribution in [3.8, 4) is 0 Å². The van der Waals surface area contributed by atoms with Crippen LogP contribution in [0.25, 0.3) is 0 Å². The van der Waals surface area contributed by atoms with Gasteiger partial charge in [0.15, 0.2) is 0 Å². The van der Waals surface area contributed by atoms with Crippen molar-refractivity contribution in [2.45, 2.75) is 38.6 Å². The third-order valence-electron chi connectivity index (χ3n) is 4.27. The smallest absolute Gasteiger partial charge is 0.242 e. The quantitative estimate of drug-likeness (QED) is 0.895. The lowest BCUT2D eigenvalue weighted by atomic mass is 9.89. The Kier molecular flexibility index (Phi) is 6.39. The summed E-state index contributed by atoms with van der Waals surface area (Å²) < 4.78 is 13.7. The maximum absolute atomic E-state index is 13.7. The first-order valence-electron chi connectivity index (χ1n) is 7.93. The van der Waals surface area contributed by atoms with Crippen molar-refractivity contribution in [1.82, 2.24) is 10.2 Å². The Labute approximate surface area is 141 Å². The zero-order valence-corrected chi connectivity index (χ0v) is 14.0. The highest BCUT2D eigenvalue weighted by Crippen LogP contribution is 2.23. The van der Waals surface area contributed by atoms with Crippen LogP contribution in [-0.2, 0) is 16.1 Å². The van der Waals surface area contributed by atoms with Crippen molar-refractivity contribution >= 4 is 23.4 Å². The second kappa shape index (κ2) is 8.29. The van der Waals surface area contributed by atoms with Crippen molar-refractivity contribution in [3.05, 3.63) is 34.6 Å². The SMILES string of the molecule is CN(Cc1c(F)cccc1Cl)C(=O)CNC(=O)C1CCCCC1. The number of rotatable bonds is 5. The Balaban J connectivity index is 1.84. The van der Waals surface area contributed by atoms with Crippen LogP contribution in [0, 0.1) is 11.7 Å². The van der Waals surface area contributed by atoms with E-state index in [1.54, 1.807) is 13.1 Å². The Bertz CT molecular complexity index is 553. The Morgan fingerprint density at radius 1 is 1.30 bits per heavy atom. The monoisotopic (exact) mass is 340 g/mol. The molecular weight excluding hydrogens is 319 g/mol. The molecule has 6 heteroatoms. The molecule has 126 valence electrons. The molecular formula is C17H22ClFN2O2. The normalized spacial score (nSPS) is 15.3. The van der Waals surface area contributed by atoms with E-state index in [0.717, 1.165) is 25.7 Å². The van der Waals surface area contributed by atoms with Crippen LogP contribution in [-0.4, -0.2) is 30.3 Å². The van der Waals surface area contributed by atoms with Gasteiger partial charge >= 0.3 is 0 Å². The fourth-order valence-electron chi connectivity index (χ4n) is 2.82. The van der Waals surface area contributed by atoms with Gasteiger partial charge in [-0.2, -0.15) is 0 Å². The molecule has 1 aromatic rings. The molecule has 2 amide bonds. The molecule has 1 fully saturated rings. The van der Waals surface area contributed by atoms with Crippen LogP contribution < -0.4 is 5.32 Å². The second-order valence-electron chi connectivity index (χ2n) is 6.00. The van der Waals surface area contributed by atoms with Crippen LogP contribution in [0.2, 0.25) is 5.02 Å². The van der Waals surface area contributed by atoms with E-state index < -0.39 is 5.82 Å². The van der Waals surface area contributed by atoms with Crippen molar-refractivity contribution in [1.29, 1.82) is 0 Å². The van der Waals surface area contributed by atoms with Crippen molar-refractivity contribution in [2.24, 2.45) is 5.92 Å². The summed E-state index contributed by atoms with van der Waals surface area (Å²) in [5.74, 6) is -0.755. The first-order chi connectivity index (χ1) is 11.0. The van der Waals surface area contributed by atoms with Gasteiger partial charge in [0.05, 0.1) is 6.54 Å². The molecule has 1 aliphatic rings. The summed E-state index contributed by atoms with van der Waals surface area (Å²) in [5.41, 5.74) is 0.281. The Morgan fingerprint density at radius 2 is 2.00 bits per heavy atom. The molecule has 0 saturated heterocycles. The minimum absolute atomic E-state index is 0.0165. The molecule has 2 rings (SSSR count). The van der Waals surface area contributed by atoms with Gasteiger partial charge in [0.2, 0.25) is 11.8 Å². The number of benzene rings is 1. The van der Waals surface area contributed by atoms with Crippen molar-refractivity contribution < 1.29 is 14.0 Å². The van der Waals surface area contributed by atoms with Gasteiger partial charge in [0, 0.05) is 30.1 Å². The van der Waals surface area contributed by atoms with Gasteiger partial charge in [0.25, 0.3) is 0 Å². The summed E-state index contributed by atoms with van der Waals surface area (Å²) in [6.07, 6.45) is 5.09. The van der Waals surface area contributed by atoms with Crippen LogP contribution in [0.5, 0.6) is 0 Å². The van der Waals surface area contributed by atoms with E-state index in [1.807, 2.05) is 0 Å². The van der Waals surface area contributed by atoms with E-state index in [-0.39, 0.29) is 41.4 Å². The second-order valence-corrected chi connectivity index (χ2v) is 6.41. The van der Waals surface area contributed by atoms with E-state index >= 15 is 0 Å². The average Bonchev–Trinajstić information content (AvgIpc) is 2.56. The number of carbonyl (C=O) groups excluding carboxylic acids is 2. The lowest BCUT2D eigenvalue weighted by Gasteiger charge is -2.22. The van der Waals surface area contributed by atoms with Crippen LogP contribution in [0.3, 0.4) is 0 Å². The lowest BCUT2D eigenvalue weighted by Crippen LogP contribution is -2.40. The maximum atomic E-state index is 13.7. The third kappa shape index (κ3) is 4.93. The van der Waals surface area contributed by atoms with E-state index in [9.17, 15) is 14.0 Å². The third-order valence-corrected chi connectivity index (χ3v) is 4.63. The molecule has 0 atom stereocenters. The molecule has 1 aliphatic carbocycles. The molecule has 23 heavy (non-hydrogen) atoms. The number of likely N-dealkylation sites (N-methyl/N-ethyl adjacent to an activating group) is 1. The van der Waals surface area contributed by atoms with Crippen LogP contribution in [0.15, 0.2) is 18.2 Å².